The van der Waals surface area contributed by atoms with Crippen LogP contribution < -0.4 is 10.6 Å². The van der Waals surface area contributed by atoms with Crippen LogP contribution in [0.15, 0.2) is 36.9 Å². The second-order valence-electron chi connectivity index (χ2n) is 4.28. The summed E-state index contributed by atoms with van der Waals surface area (Å²) in [5.74, 6) is -0.0986. The summed E-state index contributed by atoms with van der Waals surface area (Å²) in [5, 5.41) is 7.03. The van der Waals surface area contributed by atoms with Crippen molar-refractivity contribution in [2.24, 2.45) is 0 Å². The van der Waals surface area contributed by atoms with E-state index < -0.39 is 0 Å². The van der Waals surface area contributed by atoms with Gasteiger partial charge in [0.2, 0.25) is 5.91 Å². The van der Waals surface area contributed by atoms with Crippen LogP contribution in [0, 0.1) is 0 Å². The summed E-state index contributed by atoms with van der Waals surface area (Å²) in [7, 11) is 0. The van der Waals surface area contributed by atoms with Crippen LogP contribution in [0.2, 0.25) is 0 Å². The molecule has 0 atom stereocenters. The molecule has 8 heteroatoms. The summed E-state index contributed by atoms with van der Waals surface area (Å²) < 4.78 is 2.67. The third kappa shape index (κ3) is 3.06. The number of nitrogens with one attached hydrogen (secondary N) is 2. The van der Waals surface area contributed by atoms with Gasteiger partial charge in [-0.25, -0.2) is 9.97 Å². The van der Waals surface area contributed by atoms with Gasteiger partial charge in [0.05, 0.1) is 10.2 Å². The molecular formula is C13H11N5OS2. The van der Waals surface area contributed by atoms with E-state index in [0.29, 0.717) is 10.2 Å². The summed E-state index contributed by atoms with van der Waals surface area (Å²) in [6.45, 7) is 1.48. The predicted molar refractivity (Wildman–Crippen MR) is 87.8 cm³/mol. The van der Waals surface area contributed by atoms with Crippen molar-refractivity contribution in [3.05, 3.63) is 36.9 Å². The van der Waals surface area contributed by atoms with Crippen LogP contribution in [0.3, 0.4) is 0 Å². The third-order valence-electron chi connectivity index (χ3n) is 2.66. The first-order valence-electron chi connectivity index (χ1n) is 6.09. The van der Waals surface area contributed by atoms with Crippen LogP contribution in [0.25, 0.3) is 10.2 Å². The van der Waals surface area contributed by atoms with E-state index in [1.165, 1.54) is 18.3 Å². The quantitative estimate of drug-likeness (QED) is 0.711. The van der Waals surface area contributed by atoms with Crippen molar-refractivity contribution >= 4 is 55.6 Å². The number of imidazole rings is 1. The number of fused-ring (bicyclic) bond motifs is 1. The third-order valence-corrected chi connectivity index (χ3v) is 3.91. The largest absolute Gasteiger partial charge is 0.326 e. The molecule has 0 spiro atoms. The molecule has 2 heterocycles. The maximum Gasteiger partial charge on any atom is 0.221 e. The Morgan fingerprint density at radius 3 is 2.95 bits per heavy atom. The number of thiocarbonyl (C=S) groups is 1. The highest BCUT2D eigenvalue weighted by atomic mass is 32.1. The van der Waals surface area contributed by atoms with Crippen LogP contribution in [0.5, 0.6) is 0 Å². The van der Waals surface area contributed by atoms with Gasteiger partial charge in [-0.15, -0.1) is 0 Å². The minimum Gasteiger partial charge on any atom is -0.326 e. The highest BCUT2D eigenvalue weighted by molar-refractivity contribution is 7.80. The molecule has 21 heavy (non-hydrogen) atoms. The van der Waals surface area contributed by atoms with Crippen LogP contribution in [0.4, 0.5) is 10.8 Å². The zero-order valence-electron chi connectivity index (χ0n) is 11.0. The number of hydrogen-bond donors (Lipinski definition) is 2. The van der Waals surface area contributed by atoms with E-state index in [2.05, 4.69) is 20.6 Å². The first-order chi connectivity index (χ1) is 10.1. The minimum atomic E-state index is -0.0986. The summed E-state index contributed by atoms with van der Waals surface area (Å²) in [6, 6.07) is 5.57. The maximum absolute atomic E-state index is 11.1. The first kappa shape index (κ1) is 13.7. The topological polar surface area (TPSA) is 71.8 Å². The van der Waals surface area contributed by atoms with E-state index in [4.69, 9.17) is 12.2 Å². The molecule has 0 saturated heterocycles. The van der Waals surface area contributed by atoms with Gasteiger partial charge in [0.1, 0.15) is 6.33 Å². The van der Waals surface area contributed by atoms with E-state index in [9.17, 15) is 4.79 Å². The van der Waals surface area contributed by atoms with Crippen LogP contribution in [-0.4, -0.2) is 25.6 Å². The van der Waals surface area contributed by atoms with Gasteiger partial charge >= 0.3 is 0 Å². The fraction of sp³-hybridized carbons (Fsp3) is 0.0769. The molecule has 0 unspecified atom stereocenters. The molecule has 1 aromatic carbocycles. The summed E-state index contributed by atoms with van der Waals surface area (Å²) >= 11 is 6.73. The zero-order valence-corrected chi connectivity index (χ0v) is 12.7. The molecule has 0 radical (unpaired) electrons. The highest BCUT2D eigenvalue weighted by Gasteiger charge is 2.07. The van der Waals surface area contributed by atoms with Crippen molar-refractivity contribution in [2.45, 2.75) is 6.92 Å². The lowest BCUT2D eigenvalue weighted by Crippen LogP contribution is -2.17. The molecule has 0 aliphatic heterocycles. The van der Waals surface area contributed by atoms with Crippen molar-refractivity contribution in [3.63, 3.8) is 0 Å². The fourth-order valence-electron chi connectivity index (χ4n) is 1.79. The Labute approximate surface area is 129 Å². The number of rotatable bonds is 2. The Hall–Kier alpha value is -2.32. The number of amides is 1. The Bertz CT molecular complexity index is 809. The summed E-state index contributed by atoms with van der Waals surface area (Å²) in [5.41, 5.74) is 1.60. The Kier molecular flexibility index (Phi) is 3.63. The molecule has 3 aromatic rings. The van der Waals surface area contributed by atoms with Gasteiger partial charge in [-0.2, -0.15) is 0 Å². The molecule has 0 saturated carbocycles. The van der Waals surface area contributed by atoms with Gasteiger partial charge in [0, 0.05) is 25.0 Å². The molecule has 0 bridgehead atoms. The Morgan fingerprint density at radius 2 is 2.24 bits per heavy atom. The van der Waals surface area contributed by atoms with E-state index in [1.807, 2.05) is 18.2 Å². The SMILES string of the molecule is CC(=O)Nc1ccc2nc(NC(=S)n3ccnc3)sc2c1. The number of carbonyl (C=O) groups is 1. The lowest BCUT2D eigenvalue weighted by molar-refractivity contribution is -0.114. The van der Waals surface area contributed by atoms with Crippen molar-refractivity contribution in [1.29, 1.82) is 0 Å². The molecule has 0 fully saturated rings. The lowest BCUT2D eigenvalue weighted by Gasteiger charge is -2.03. The van der Waals surface area contributed by atoms with Crippen LogP contribution >= 0.6 is 23.6 Å². The van der Waals surface area contributed by atoms with Crippen molar-refractivity contribution in [3.8, 4) is 0 Å². The molecule has 3 rings (SSSR count). The first-order valence-corrected chi connectivity index (χ1v) is 7.32. The fourth-order valence-corrected chi connectivity index (χ4v) is 2.97. The van der Waals surface area contributed by atoms with Gasteiger partial charge in [-0.3, -0.25) is 9.36 Å². The molecule has 2 aromatic heterocycles. The van der Waals surface area contributed by atoms with Gasteiger partial charge in [-0.05, 0) is 30.4 Å². The highest BCUT2D eigenvalue weighted by Crippen LogP contribution is 2.28. The normalized spacial score (nSPS) is 10.5. The van der Waals surface area contributed by atoms with Gasteiger partial charge in [-0.1, -0.05) is 11.3 Å². The Balaban J connectivity index is 1.84. The molecule has 2 N–H and O–H groups in total. The summed E-state index contributed by atoms with van der Waals surface area (Å²) in [4.78, 5) is 19.5. The molecular weight excluding hydrogens is 306 g/mol. The smallest absolute Gasteiger partial charge is 0.221 e. The van der Waals surface area contributed by atoms with E-state index in [0.717, 1.165) is 15.9 Å². The summed E-state index contributed by atoms with van der Waals surface area (Å²) in [6.07, 6.45) is 5.04. The predicted octanol–water partition coefficient (Wildman–Crippen LogP) is 2.70. The average Bonchev–Trinajstić information content (AvgIpc) is 3.05. The molecule has 0 aliphatic carbocycles. The molecule has 6 nitrogen and oxygen atoms in total. The monoisotopic (exact) mass is 317 g/mol. The van der Waals surface area contributed by atoms with Crippen molar-refractivity contribution in [2.75, 3.05) is 10.6 Å². The van der Waals surface area contributed by atoms with Gasteiger partial charge < -0.3 is 10.6 Å². The van der Waals surface area contributed by atoms with Crippen LogP contribution in [-0.2, 0) is 4.79 Å². The number of thiazole rings is 1. The van der Waals surface area contributed by atoms with Gasteiger partial charge in [0.25, 0.3) is 0 Å². The number of aromatic nitrogens is 3. The second-order valence-corrected chi connectivity index (χ2v) is 5.70. The minimum absolute atomic E-state index is 0.0986. The van der Waals surface area contributed by atoms with E-state index in [1.54, 1.807) is 23.3 Å². The number of hydrogen-bond acceptors (Lipinski definition) is 5. The molecule has 0 aliphatic rings. The maximum atomic E-state index is 11.1. The average molecular weight is 317 g/mol. The van der Waals surface area contributed by atoms with E-state index in [-0.39, 0.29) is 5.91 Å². The molecule has 106 valence electrons. The number of anilines is 2. The standard InChI is InChI=1S/C13H11N5OS2/c1-8(19)15-9-2-3-10-11(6-9)21-12(16-10)17-13(20)18-5-4-14-7-18/h2-7H,1H3,(H,15,19)(H,16,17,20). The number of nitrogens with zero attached hydrogens (tertiary/aromatic N) is 3. The second kappa shape index (κ2) is 5.58. The number of carbonyl (C=O) groups excluding carboxylic acids is 1. The van der Waals surface area contributed by atoms with Gasteiger partial charge in [0.15, 0.2) is 10.2 Å². The lowest BCUT2D eigenvalue weighted by atomic mass is 10.3. The van der Waals surface area contributed by atoms with Crippen molar-refractivity contribution in [1.82, 2.24) is 14.5 Å². The Morgan fingerprint density at radius 1 is 1.38 bits per heavy atom. The molecule has 1 amide bonds. The van der Waals surface area contributed by atoms with Crippen molar-refractivity contribution < 1.29 is 4.79 Å². The van der Waals surface area contributed by atoms with E-state index >= 15 is 0 Å². The zero-order chi connectivity index (χ0) is 14.8. The number of benzene rings is 1. The van der Waals surface area contributed by atoms with Crippen LogP contribution in [0.1, 0.15) is 6.92 Å².